The molecule has 1 aromatic carbocycles. The number of aromatic nitrogens is 1. The Labute approximate surface area is 123 Å². The minimum atomic E-state index is 0.441. The molecule has 0 spiro atoms. The van der Waals surface area contributed by atoms with E-state index in [1.807, 2.05) is 6.92 Å². The Morgan fingerprint density at radius 3 is 2.05 bits per heavy atom. The van der Waals surface area contributed by atoms with Crippen LogP contribution in [0.1, 0.15) is 5.69 Å². The van der Waals surface area contributed by atoms with Crippen LogP contribution in [0.3, 0.4) is 0 Å². The molecule has 0 bridgehead atoms. The molecule has 21 heavy (non-hydrogen) atoms. The molecule has 6 heteroatoms. The Hall–Kier alpha value is -2.63. The molecule has 2 rings (SSSR count). The van der Waals surface area contributed by atoms with Gasteiger partial charge in [0.05, 0.1) is 32.7 Å². The van der Waals surface area contributed by atoms with Gasteiger partial charge in [0, 0.05) is 18.2 Å². The maximum atomic E-state index is 5.74. The molecule has 0 amide bonds. The zero-order valence-corrected chi connectivity index (χ0v) is 12.5. The van der Waals surface area contributed by atoms with Crippen molar-refractivity contribution in [3.8, 4) is 28.9 Å². The molecule has 112 valence electrons. The van der Waals surface area contributed by atoms with E-state index in [1.54, 1.807) is 45.6 Å². The summed E-state index contributed by atoms with van der Waals surface area (Å²) in [5, 5.41) is 0. The van der Waals surface area contributed by atoms with Gasteiger partial charge in [-0.3, -0.25) is 0 Å². The van der Waals surface area contributed by atoms with Gasteiger partial charge in [0.1, 0.15) is 5.75 Å². The van der Waals surface area contributed by atoms with Gasteiger partial charge in [-0.25, -0.2) is 4.98 Å². The Balaban J connectivity index is 2.37. The number of benzene rings is 1. The summed E-state index contributed by atoms with van der Waals surface area (Å²) in [6, 6.07) is 6.85. The van der Waals surface area contributed by atoms with Gasteiger partial charge in [0.2, 0.25) is 11.6 Å². The van der Waals surface area contributed by atoms with Gasteiger partial charge in [-0.05, 0) is 13.0 Å². The van der Waals surface area contributed by atoms with E-state index >= 15 is 0 Å². The molecule has 0 saturated carbocycles. The number of hydrogen-bond donors (Lipinski definition) is 1. The summed E-state index contributed by atoms with van der Waals surface area (Å²) in [4.78, 5) is 4.26. The molecule has 6 nitrogen and oxygen atoms in total. The van der Waals surface area contributed by atoms with Crippen molar-refractivity contribution < 1.29 is 18.9 Å². The summed E-state index contributed by atoms with van der Waals surface area (Å²) in [5.41, 5.74) is 7.06. The molecular weight excluding hydrogens is 272 g/mol. The normalized spacial score (nSPS) is 10.1. The fraction of sp³-hybridized carbons (Fsp3) is 0.267. The Kier molecular flexibility index (Phi) is 4.37. The van der Waals surface area contributed by atoms with Gasteiger partial charge >= 0.3 is 0 Å². The van der Waals surface area contributed by atoms with Crippen LogP contribution in [0.5, 0.6) is 28.9 Å². The number of aryl methyl sites for hydroxylation is 1. The molecule has 0 atom stereocenters. The molecular formula is C15H18N2O4. The molecule has 2 aromatic rings. The van der Waals surface area contributed by atoms with Crippen molar-refractivity contribution in [3.63, 3.8) is 0 Å². The Morgan fingerprint density at radius 2 is 1.57 bits per heavy atom. The summed E-state index contributed by atoms with van der Waals surface area (Å²) in [6.45, 7) is 1.82. The van der Waals surface area contributed by atoms with Crippen molar-refractivity contribution >= 4 is 5.69 Å². The number of pyridine rings is 1. The van der Waals surface area contributed by atoms with Gasteiger partial charge in [0.25, 0.3) is 0 Å². The quantitative estimate of drug-likeness (QED) is 0.912. The average Bonchev–Trinajstić information content (AvgIpc) is 2.49. The van der Waals surface area contributed by atoms with Gasteiger partial charge in [-0.2, -0.15) is 0 Å². The van der Waals surface area contributed by atoms with Crippen LogP contribution in [0.2, 0.25) is 0 Å². The molecule has 2 N–H and O–H groups in total. The molecule has 1 heterocycles. The standard InChI is InChI=1S/C15H18N2O4/c1-9-11(16)5-6-14(17-9)21-10-7-12(18-2)15(20-4)13(8-10)19-3/h5-8H,16H2,1-4H3. The highest BCUT2D eigenvalue weighted by Crippen LogP contribution is 2.41. The van der Waals surface area contributed by atoms with E-state index in [4.69, 9.17) is 24.7 Å². The first kappa shape index (κ1) is 14.8. The van der Waals surface area contributed by atoms with Crippen LogP contribution in [0.15, 0.2) is 24.3 Å². The predicted octanol–water partition coefficient (Wildman–Crippen LogP) is 2.79. The van der Waals surface area contributed by atoms with Crippen molar-refractivity contribution in [2.24, 2.45) is 0 Å². The third-order valence-electron chi connectivity index (χ3n) is 2.96. The van der Waals surface area contributed by atoms with Gasteiger partial charge in [-0.15, -0.1) is 0 Å². The summed E-state index contributed by atoms with van der Waals surface area (Å²) < 4.78 is 21.5. The molecule has 0 saturated heterocycles. The summed E-state index contributed by atoms with van der Waals surface area (Å²) in [6.07, 6.45) is 0. The zero-order chi connectivity index (χ0) is 15.4. The first-order valence-corrected chi connectivity index (χ1v) is 6.30. The Morgan fingerprint density at radius 1 is 0.952 bits per heavy atom. The van der Waals surface area contributed by atoms with Gasteiger partial charge in [-0.1, -0.05) is 0 Å². The highest BCUT2D eigenvalue weighted by Gasteiger charge is 2.14. The van der Waals surface area contributed by atoms with Crippen LogP contribution >= 0.6 is 0 Å². The van der Waals surface area contributed by atoms with Crippen LogP contribution in [0, 0.1) is 6.92 Å². The largest absolute Gasteiger partial charge is 0.493 e. The lowest BCUT2D eigenvalue weighted by Gasteiger charge is -2.14. The number of methoxy groups -OCH3 is 3. The van der Waals surface area contributed by atoms with E-state index < -0.39 is 0 Å². The summed E-state index contributed by atoms with van der Waals surface area (Å²) in [7, 11) is 4.64. The second-order valence-electron chi connectivity index (χ2n) is 4.29. The number of nitrogen functional groups attached to an aromatic ring is 1. The SMILES string of the molecule is COc1cc(Oc2ccc(N)c(C)n2)cc(OC)c1OC. The van der Waals surface area contributed by atoms with E-state index in [1.165, 1.54) is 0 Å². The van der Waals surface area contributed by atoms with E-state index in [9.17, 15) is 0 Å². The first-order valence-electron chi connectivity index (χ1n) is 6.30. The van der Waals surface area contributed by atoms with Crippen LogP contribution in [0.25, 0.3) is 0 Å². The van der Waals surface area contributed by atoms with Crippen LogP contribution in [-0.2, 0) is 0 Å². The smallest absolute Gasteiger partial charge is 0.219 e. The predicted molar refractivity (Wildman–Crippen MR) is 79.6 cm³/mol. The topological polar surface area (TPSA) is 75.8 Å². The lowest BCUT2D eigenvalue weighted by molar-refractivity contribution is 0.320. The zero-order valence-electron chi connectivity index (χ0n) is 12.5. The second-order valence-corrected chi connectivity index (χ2v) is 4.29. The van der Waals surface area contributed by atoms with E-state index in [0.717, 1.165) is 0 Å². The summed E-state index contributed by atoms with van der Waals surface area (Å²) in [5.74, 6) is 2.50. The van der Waals surface area contributed by atoms with Crippen molar-refractivity contribution in [2.45, 2.75) is 6.92 Å². The monoisotopic (exact) mass is 290 g/mol. The van der Waals surface area contributed by atoms with Crippen molar-refractivity contribution in [2.75, 3.05) is 27.1 Å². The molecule has 0 aliphatic heterocycles. The average molecular weight is 290 g/mol. The minimum absolute atomic E-state index is 0.441. The van der Waals surface area contributed by atoms with Crippen molar-refractivity contribution in [1.29, 1.82) is 0 Å². The Bertz CT molecular complexity index is 619. The van der Waals surface area contributed by atoms with Crippen LogP contribution in [-0.4, -0.2) is 26.3 Å². The summed E-state index contributed by atoms with van der Waals surface area (Å²) >= 11 is 0. The minimum Gasteiger partial charge on any atom is -0.493 e. The molecule has 1 aromatic heterocycles. The maximum absolute atomic E-state index is 5.74. The number of nitrogens with two attached hydrogens (primary N) is 1. The van der Waals surface area contributed by atoms with E-state index in [2.05, 4.69) is 4.98 Å². The van der Waals surface area contributed by atoms with Crippen molar-refractivity contribution in [1.82, 2.24) is 4.98 Å². The third-order valence-corrected chi connectivity index (χ3v) is 2.96. The fourth-order valence-electron chi connectivity index (χ4n) is 1.84. The lowest BCUT2D eigenvalue weighted by Crippen LogP contribution is -1.98. The highest BCUT2D eigenvalue weighted by molar-refractivity contribution is 5.56. The first-order chi connectivity index (χ1) is 10.1. The molecule has 0 fully saturated rings. The number of anilines is 1. The number of ether oxygens (including phenoxy) is 4. The van der Waals surface area contributed by atoms with Crippen molar-refractivity contribution in [3.05, 3.63) is 30.0 Å². The van der Waals surface area contributed by atoms with Gasteiger partial charge in [0.15, 0.2) is 11.5 Å². The second kappa shape index (κ2) is 6.21. The maximum Gasteiger partial charge on any atom is 0.219 e. The van der Waals surface area contributed by atoms with E-state index in [0.29, 0.717) is 40.3 Å². The molecule has 0 aliphatic carbocycles. The molecule has 0 radical (unpaired) electrons. The van der Waals surface area contributed by atoms with Gasteiger partial charge < -0.3 is 24.7 Å². The fourth-order valence-corrected chi connectivity index (χ4v) is 1.84. The number of nitrogens with zero attached hydrogens (tertiary/aromatic N) is 1. The molecule has 0 aliphatic rings. The van der Waals surface area contributed by atoms with Crippen LogP contribution < -0.4 is 24.7 Å². The third kappa shape index (κ3) is 3.10. The molecule has 0 unspecified atom stereocenters. The lowest BCUT2D eigenvalue weighted by atomic mass is 10.2. The number of hydrogen-bond acceptors (Lipinski definition) is 6. The number of rotatable bonds is 5. The van der Waals surface area contributed by atoms with Crippen LogP contribution in [0.4, 0.5) is 5.69 Å². The van der Waals surface area contributed by atoms with E-state index in [-0.39, 0.29) is 0 Å². The highest BCUT2D eigenvalue weighted by atomic mass is 16.5.